The second-order valence-corrected chi connectivity index (χ2v) is 3.31. The van der Waals surface area contributed by atoms with Crippen LogP contribution in [0.2, 0.25) is 0 Å². The first-order chi connectivity index (χ1) is 5.88. The van der Waals surface area contributed by atoms with E-state index in [-0.39, 0.29) is 0 Å². The molecule has 1 fully saturated rings. The molecule has 0 radical (unpaired) electrons. The molecule has 0 N–H and O–H groups in total. The Kier molecular flexibility index (Phi) is 2.03. The van der Waals surface area contributed by atoms with E-state index in [1.54, 1.807) is 0 Å². The minimum absolute atomic E-state index is 0.512. The molecule has 0 unspecified atom stereocenters. The minimum atomic E-state index is 0.512. The van der Waals surface area contributed by atoms with Gasteiger partial charge in [0, 0.05) is 0 Å². The average molecular weight is 162 g/mol. The van der Waals surface area contributed by atoms with Gasteiger partial charge in [-0.15, -0.1) is 0 Å². The number of benzene rings is 1. The molecule has 1 heteroatoms. The summed E-state index contributed by atoms with van der Waals surface area (Å²) >= 11 is 0. The second kappa shape index (κ2) is 3.18. The Hall–Kier alpha value is -0.980. The molecular formula is C11H14O. The molecule has 1 nitrogen and oxygen atoms in total. The fourth-order valence-electron chi connectivity index (χ4n) is 1.18. The van der Waals surface area contributed by atoms with Crippen molar-refractivity contribution in [2.24, 2.45) is 0 Å². The molecule has 0 bridgehead atoms. The predicted molar refractivity (Wildman–Crippen MR) is 49.5 cm³/mol. The minimum Gasteiger partial charge on any atom is -0.490 e. The van der Waals surface area contributed by atoms with Crippen LogP contribution in [0.3, 0.4) is 0 Å². The van der Waals surface area contributed by atoms with Crippen LogP contribution >= 0.6 is 0 Å². The Bertz CT molecular complexity index is 246. The van der Waals surface area contributed by atoms with Crippen molar-refractivity contribution < 1.29 is 4.74 Å². The highest BCUT2D eigenvalue weighted by atomic mass is 16.5. The lowest BCUT2D eigenvalue weighted by molar-refractivity contribution is 0.303. The Morgan fingerprint density at radius 3 is 2.42 bits per heavy atom. The average Bonchev–Trinajstić information content (AvgIpc) is 2.90. The highest BCUT2D eigenvalue weighted by molar-refractivity contribution is 5.27. The third-order valence-electron chi connectivity index (χ3n) is 2.16. The molecule has 0 atom stereocenters. The Morgan fingerprint density at radius 1 is 1.25 bits per heavy atom. The first kappa shape index (κ1) is 7.66. The lowest BCUT2D eigenvalue weighted by Gasteiger charge is -2.04. The molecule has 0 spiro atoms. The van der Waals surface area contributed by atoms with Gasteiger partial charge in [-0.1, -0.05) is 19.1 Å². The van der Waals surface area contributed by atoms with Gasteiger partial charge in [0.1, 0.15) is 5.75 Å². The highest BCUT2D eigenvalue weighted by Crippen LogP contribution is 2.26. The maximum absolute atomic E-state index is 5.62. The smallest absolute Gasteiger partial charge is 0.119 e. The van der Waals surface area contributed by atoms with Gasteiger partial charge in [0.05, 0.1) is 6.10 Å². The molecule has 1 aromatic rings. The monoisotopic (exact) mass is 162 g/mol. The zero-order valence-corrected chi connectivity index (χ0v) is 7.42. The van der Waals surface area contributed by atoms with E-state index in [4.69, 9.17) is 4.74 Å². The molecular weight excluding hydrogens is 148 g/mol. The topological polar surface area (TPSA) is 9.23 Å². The van der Waals surface area contributed by atoms with Crippen LogP contribution in [0.1, 0.15) is 25.3 Å². The van der Waals surface area contributed by atoms with Gasteiger partial charge in [-0.3, -0.25) is 0 Å². The van der Waals surface area contributed by atoms with Crippen molar-refractivity contribution in [3.63, 3.8) is 0 Å². The number of hydrogen-bond donors (Lipinski definition) is 0. The van der Waals surface area contributed by atoms with Gasteiger partial charge in [0.25, 0.3) is 0 Å². The number of hydrogen-bond acceptors (Lipinski definition) is 1. The zero-order chi connectivity index (χ0) is 8.39. The fourth-order valence-corrected chi connectivity index (χ4v) is 1.18. The van der Waals surface area contributed by atoms with Gasteiger partial charge in [0.2, 0.25) is 0 Å². The summed E-state index contributed by atoms with van der Waals surface area (Å²) in [6.07, 6.45) is 4.08. The molecule has 1 aliphatic carbocycles. The molecule has 2 rings (SSSR count). The van der Waals surface area contributed by atoms with E-state index in [9.17, 15) is 0 Å². The maximum atomic E-state index is 5.62. The van der Waals surface area contributed by atoms with Crippen LogP contribution in [0, 0.1) is 0 Å². The summed E-state index contributed by atoms with van der Waals surface area (Å²) in [5.41, 5.74) is 1.37. The van der Waals surface area contributed by atoms with E-state index >= 15 is 0 Å². The summed E-state index contributed by atoms with van der Waals surface area (Å²) < 4.78 is 5.62. The molecule has 0 aliphatic heterocycles. The van der Waals surface area contributed by atoms with Crippen LogP contribution in [0.25, 0.3) is 0 Å². The van der Waals surface area contributed by atoms with Crippen LogP contribution in [0.15, 0.2) is 24.3 Å². The predicted octanol–water partition coefficient (Wildman–Crippen LogP) is 2.79. The van der Waals surface area contributed by atoms with Crippen molar-refractivity contribution in [1.82, 2.24) is 0 Å². The van der Waals surface area contributed by atoms with Crippen LogP contribution in [0.4, 0.5) is 0 Å². The summed E-state index contributed by atoms with van der Waals surface area (Å²) in [6, 6.07) is 8.41. The van der Waals surface area contributed by atoms with E-state index in [1.807, 2.05) is 0 Å². The molecule has 64 valence electrons. The van der Waals surface area contributed by atoms with Crippen molar-refractivity contribution in [2.45, 2.75) is 32.3 Å². The summed E-state index contributed by atoms with van der Waals surface area (Å²) in [5, 5.41) is 0. The van der Waals surface area contributed by atoms with Crippen molar-refractivity contribution in [2.75, 3.05) is 0 Å². The van der Waals surface area contributed by atoms with Crippen molar-refractivity contribution in [3.05, 3.63) is 29.8 Å². The Balaban J connectivity index is 2.02. The van der Waals surface area contributed by atoms with Gasteiger partial charge in [-0.2, -0.15) is 0 Å². The van der Waals surface area contributed by atoms with Crippen LogP contribution < -0.4 is 4.74 Å². The van der Waals surface area contributed by atoms with Crippen molar-refractivity contribution >= 4 is 0 Å². The van der Waals surface area contributed by atoms with Gasteiger partial charge >= 0.3 is 0 Å². The highest BCUT2D eigenvalue weighted by Gasteiger charge is 2.23. The van der Waals surface area contributed by atoms with Crippen molar-refractivity contribution in [1.29, 1.82) is 0 Å². The van der Waals surface area contributed by atoms with E-state index in [1.165, 1.54) is 18.4 Å². The quantitative estimate of drug-likeness (QED) is 0.664. The molecule has 12 heavy (non-hydrogen) atoms. The first-order valence-electron chi connectivity index (χ1n) is 4.64. The first-order valence-corrected chi connectivity index (χ1v) is 4.64. The van der Waals surface area contributed by atoms with Gasteiger partial charge in [0.15, 0.2) is 0 Å². The largest absolute Gasteiger partial charge is 0.490 e. The van der Waals surface area contributed by atoms with Crippen LogP contribution in [0.5, 0.6) is 5.75 Å². The van der Waals surface area contributed by atoms with Crippen molar-refractivity contribution in [3.8, 4) is 5.75 Å². The fraction of sp³-hybridized carbons (Fsp3) is 0.455. The molecule has 0 amide bonds. The maximum Gasteiger partial charge on any atom is 0.119 e. The molecule has 0 aromatic heterocycles. The summed E-state index contributed by atoms with van der Waals surface area (Å²) in [7, 11) is 0. The number of ether oxygens (including phenoxy) is 1. The van der Waals surface area contributed by atoms with E-state index in [0.29, 0.717) is 6.10 Å². The van der Waals surface area contributed by atoms with Gasteiger partial charge in [-0.25, -0.2) is 0 Å². The normalized spacial score (nSPS) is 16.1. The molecule has 1 saturated carbocycles. The second-order valence-electron chi connectivity index (χ2n) is 3.31. The third kappa shape index (κ3) is 1.79. The van der Waals surface area contributed by atoms with Gasteiger partial charge < -0.3 is 4.74 Å². The Morgan fingerprint density at radius 2 is 1.92 bits per heavy atom. The standard InChI is InChI=1S/C11H14O/c1-2-9-3-5-10(6-4-9)12-11-7-8-11/h3-6,11H,2,7-8H2,1H3. The molecule has 0 heterocycles. The lowest BCUT2D eigenvalue weighted by atomic mass is 10.2. The summed E-state index contributed by atoms with van der Waals surface area (Å²) in [4.78, 5) is 0. The van der Waals surface area contributed by atoms with Gasteiger partial charge in [-0.05, 0) is 37.0 Å². The summed E-state index contributed by atoms with van der Waals surface area (Å²) in [6.45, 7) is 2.16. The number of aryl methyl sites for hydroxylation is 1. The third-order valence-corrected chi connectivity index (χ3v) is 2.16. The molecule has 0 saturated heterocycles. The van der Waals surface area contributed by atoms with Crippen LogP contribution in [-0.2, 0) is 6.42 Å². The Labute approximate surface area is 73.4 Å². The van der Waals surface area contributed by atoms with Crippen LogP contribution in [-0.4, -0.2) is 6.10 Å². The molecule has 1 aromatic carbocycles. The molecule has 1 aliphatic rings. The zero-order valence-electron chi connectivity index (χ0n) is 7.42. The lowest BCUT2D eigenvalue weighted by Crippen LogP contribution is -1.95. The van der Waals surface area contributed by atoms with E-state index in [0.717, 1.165) is 12.2 Å². The van der Waals surface area contributed by atoms with E-state index in [2.05, 4.69) is 31.2 Å². The summed E-state index contributed by atoms with van der Waals surface area (Å²) in [5.74, 6) is 1.02. The number of rotatable bonds is 3. The van der Waals surface area contributed by atoms with E-state index < -0.39 is 0 Å². The SMILES string of the molecule is CCc1ccc(OC2CC2)cc1.